The second kappa shape index (κ2) is 9.01. The first-order chi connectivity index (χ1) is 14.9. The van der Waals surface area contributed by atoms with Gasteiger partial charge in [0.15, 0.2) is 0 Å². The Hall–Kier alpha value is -3.01. The van der Waals surface area contributed by atoms with E-state index in [4.69, 9.17) is 0 Å². The Morgan fingerprint density at radius 3 is 2.68 bits per heavy atom. The number of nitrogens with zero attached hydrogens (tertiary/aromatic N) is 3. The molecule has 3 N–H and O–H groups in total. The van der Waals surface area contributed by atoms with Crippen LogP contribution < -0.4 is 10.2 Å². The van der Waals surface area contributed by atoms with E-state index in [2.05, 4.69) is 15.3 Å². The molecule has 160 valence electrons. The standard InChI is InChI=1S/C22H21FN4O3S/c23-18-3-1-2-16(10-18)17-5-6-19(24-13-17)21(28)26-12-15-4-7-20(25-11-15)27-8-9-31-22(29,30)14-27/h1-7,10-11,13,29-30H,8-9,12,14H2,(H,26,28). The number of carbonyl (C=O) groups excluding carboxylic acids is 1. The minimum atomic E-state index is -1.77. The number of anilines is 1. The van der Waals surface area contributed by atoms with E-state index in [0.29, 0.717) is 23.7 Å². The molecule has 1 amide bonds. The van der Waals surface area contributed by atoms with Crippen LogP contribution in [-0.4, -0.2) is 50.0 Å². The van der Waals surface area contributed by atoms with Crippen molar-refractivity contribution in [3.63, 3.8) is 0 Å². The molecule has 1 aliphatic rings. The lowest BCUT2D eigenvalue weighted by Gasteiger charge is -2.35. The quantitative estimate of drug-likeness (QED) is 0.524. The molecule has 0 aliphatic carbocycles. The van der Waals surface area contributed by atoms with E-state index in [-0.39, 0.29) is 30.5 Å². The van der Waals surface area contributed by atoms with Gasteiger partial charge in [0.2, 0.25) is 5.12 Å². The van der Waals surface area contributed by atoms with E-state index in [9.17, 15) is 19.4 Å². The summed E-state index contributed by atoms with van der Waals surface area (Å²) in [5.74, 6) is 0.591. The van der Waals surface area contributed by atoms with Crippen LogP contribution in [0.4, 0.5) is 10.2 Å². The lowest BCUT2D eigenvalue weighted by atomic mass is 10.1. The Bertz CT molecular complexity index is 1060. The minimum Gasteiger partial charge on any atom is -0.356 e. The highest BCUT2D eigenvalue weighted by Gasteiger charge is 2.32. The van der Waals surface area contributed by atoms with Gasteiger partial charge in [-0.1, -0.05) is 36.0 Å². The number of aromatic nitrogens is 2. The maximum atomic E-state index is 13.4. The van der Waals surface area contributed by atoms with Crippen LogP contribution in [0.25, 0.3) is 11.1 Å². The zero-order valence-electron chi connectivity index (χ0n) is 16.5. The maximum absolute atomic E-state index is 13.4. The van der Waals surface area contributed by atoms with Crippen LogP contribution in [0.3, 0.4) is 0 Å². The van der Waals surface area contributed by atoms with Gasteiger partial charge >= 0.3 is 0 Å². The van der Waals surface area contributed by atoms with Crippen LogP contribution in [0.2, 0.25) is 0 Å². The highest BCUT2D eigenvalue weighted by molar-refractivity contribution is 8.00. The van der Waals surface area contributed by atoms with Crippen LogP contribution in [0.5, 0.6) is 0 Å². The first-order valence-corrected chi connectivity index (χ1v) is 10.7. The minimum absolute atomic E-state index is 0.0814. The molecule has 0 radical (unpaired) electrons. The third-order valence-corrected chi connectivity index (χ3v) is 5.81. The van der Waals surface area contributed by atoms with E-state index >= 15 is 0 Å². The topological polar surface area (TPSA) is 98.6 Å². The van der Waals surface area contributed by atoms with Gasteiger partial charge in [-0.25, -0.2) is 9.37 Å². The van der Waals surface area contributed by atoms with Crippen LogP contribution in [-0.2, 0) is 6.54 Å². The van der Waals surface area contributed by atoms with Crippen molar-refractivity contribution >= 4 is 23.5 Å². The van der Waals surface area contributed by atoms with Crippen molar-refractivity contribution in [2.75, 3.05) is 23.7 Å². The summed E-state index contributed by atoms with van der Waals surface area (Å²) in [4.78, 5) is 22.7. The molecule has 1 saturated heterocycles. The van der Waals surface area contributed by atoms with Gasteiger partial charge in [-0.3, -0.25) is 9.78 Å². The lowest BCUT2D eigenvalue weighted by molar-refractivity contribution is -0.0699. The number of carbonyl (C=O) groups is 1. The van der Waals surface area contributed by atoms with Gasteiger partial charge in [0.25, 0.3) is 5.91 Å². The van der Waals surface area contributed by atoms with Gasteiger partial charge in [-0.15, -0.1) is 0 Å². The van der Waals surface area contributed by atoms with E-state index in [1.807, 2.05) is 11.0 Å². The number of thioether (sulfide) groups is 1. The van der Waals surface area contributed by atoms with Crippen molar-refractivity contribution in [3.8, 4) is 11.1 Å². The number of β-amino-alcohol motifs (C(OH)–C–C–N with tert-alkyl or cyclic N) is 2. The number of nitrogens with one attached hydrogen (secondary N) is 1. The summed E-state index contributed by atoms with van der Waals surface area (Å²) in [6, 6.07) is 13.1. The van der Waals surface area contributed by atoms with Crippen molar-refractivity contribution < 1.29 is 19.4 Å². The summed E-state index contributed by atoms with van der Waals surface area (Å²) in [7, 11) is 0. The Morgan fingerprint density at radius 2 is 2.00 bits per heavy atom. The van der Waals surface area contributed by atoms with E-state index in [1.165, 1.54) is 12.1 Å². The average molecular weight is 441 g/mol. The average Bonchev–Trinajstić information content (AvgIpc) is 2.77. The van der Waals surface area contributed by atoms with Gasteiger partial charge < -0.3 is 20.4 Å². The molecular weight excluding hydrogens is 419 g/mol. The number of hydrogen-bond acceptors (Lipinski definition) is 7. The molecule has 31 heavy (non-hydrogen) atoms. The number of pyridine rings is 2. The van der Waals surface area contributed by atoms with Crippen molar-refractivity contribution in [3.05, 3.63) is 78.0 Å². The number of hydrogen-bond donors (Lipinski definition) is 3. The fraction of sp³-hybridized carbons (Fsp3) is 0.227. The zero-order valence-corrected chi connectivity index (χ0v) is 17.3. The molecule has 3 aromatic rings. The van der Waals surface area contributed by atoms with E-state index in [1.54, 1.807) is 42.7 Å². The predicted molar refractivity (Wildman–Crippen MR) is 117 cm³/mol. The molecule has 1 fully saturated rings. The third-order valence-electron chi connectivity index (χ3n) is 4.83. The summed E-state index contributed by atoms with van der Waals surface area (Å²) in [5, 5.41) is 20.6. The molecule has 0 saturated carbocycles. The molecule has 3 heterocycles. The number of amides is 1. The lowest BCUT2D eigenvalue weighted by Crippen LogP contribution is -2.46. The molecule has 7 nitrogen and oxygen atoms in total. The molecular formula is C22H21FN4O3S. The fourth-order valence-electron chi connectivity index (χ4n) is 3.24. The van der Waals surface area contributed by atoms with E-state index in [0.717, 1.165) is 22.9 Å². The number of aliphatic hydroxyl groups is 2. The first-order valence-electron chi connectivity index (χ1n) is 9.68. The van der Waals surface area contributed by atoms with Crippen LogP contribution in [0.1, 0.15) is 16.1 Å². The highest BCUT2D eigenvalue weighted by Crippen LogP contribution is 2.27. The van der Waals surface area contributed by atoms with Crippen molar-refractivity contribution in [2.24, 2.45) is 0 Å². The Labute approximate surface area is 183 Å². The molecule has 0 atom stereocenters. The molecule has 1 aromatic carbocycles. The normalized spacial score (nSPS) is 15.5. The first kappa shape index (κ1) is 21.2. The zero-order chi connectivity index (χ0) is 21.8. The van der Waals surface area contributed by atoms with Crippen LogP contribution in [0, 0.1) is 5.82 Å². The molecule has 1 aliphatic heterocycles. The molecule has 2 aromatic heterocycles. The Morgan fingerprint density at radius 1 is 1.13 bits per heavy atom. The Balaban J connectivity index is 1.34. The molecule has 4 rings (SSSR count). The second-order valence-electron chi connectivity index (χ2n) is 7.16. The predicted octanol–water partition coefficient (Wildman–Crippen LogP) is 2.40. The van der Waals surface area contributed by atoms with E-state index < -0.39 is 5.12 Å². The van der Waals surface area contributed by atoms with Crippen molar-refractivity contribution in [2.45, 2.75) is 11.7 Å². The Kier molecular flexibility index (Phi) is 6.17. The maximum Gasteiger partial charge on any atom is 0.270 e. The van der Waals surface area contributed by atoms with Crippen molar-refractivity contribution in [1.29, 1.82) is 0 Å². The number of halogens is 1. The van der Waals surface area contributed by atoms with Gasteiger partial charge in [0.1, 0.15) is 17.3 Å². The largest absolute Gasteiger partial charge is 0.356 e. The summed E-state index contributed by atoms with van der Waals surface area (Å²) < 4.78 is 13.4. The van der Waals surface area contributed by atoms with Gasteiger partial charge in [-0.2, -0.15) is 0 Å². The highest BCUT2D eigenvalue weighted by atomic mass is 32.2. The van der Waals surface area contributed by atoms with Crippen molar-refractivity contribution in [1.82, 2.24) is 15.3 Å². The monoisotopic (exact) mass is 440 g/mol. The summed E-state index contributed by atoms with van der Waals surface area (Å²) >= 11 is 1.10. The number of rotatable bonds is 5. The van der Waals surface area contributed by atoms with Gasteiger partial charge in [0, 0.05) is 36.8 Å². The molecule has 0 bridgehead atoms. The molecule has 9 heteroatoms. The van der Waals surface area contributed by atoms with Crippen LogP contribution in [0.15, 0.2) is 60.9 Å². The smallest absolute Gasteiger partial charge is 0.270 e. The summed E-state index contributed by atoms with van der Waals surface area (Å²) in [6.45, 7) is 1.03. The molecule has 0 spiro atoms. The molecule has 0 unspecified atom stereocenters. The van der Waals surface area contributed by atoms with Crippen LogP contribution >= 0.6 is 11.8 Å². The summed E-state index contributed by atoms with van der Waals surface area (Å²) in [5.41, 5.74) is 2.48. The summed E-state index contributed by atoms with van der Waals surface area (Å²) in [6.07, 6.45) is 3.19. The third kappa shape index (κ3) is 5.38. The fourth-order valence-corrected chi connectivity index (χ4v) is 4.12. The second-order valence-corrected chi connectivity index (χ2v) is 8.51. The van der Waals surface area contributed by atoms with Gasteiger partial charge in [0.05, 0.1) is 6.54 Å². The number of benzene rings is 1. The SMILES string of the molecule is O=C(NCc1ccc(N2CCSC(O)(O)C2)nc1)c1ccc(-c2cccc(F)c2)cn1. The van der Waals surface area contributed by atoms with Gasteiger partial charge in [-0.05, 0) is 35.4 Å².